The lowest BCUT2D eigenvalue weighted by Gasteiger charge is -2.09. The second kappa shape index (κ2) is 7.23. The molecule has 1 atom stereocenters. The standard InChI is InChI=1S/C17H17N7O2S/c1-23-9-12(7-15(23)25)24-10-13(19-22-24)16(26)18-8-14-20-21-17(27-14)11-5-3-2-4-6-11/h2-6,10,12H,7-9H2,1H3,(H,18,26). The molecule has 1 fully saturated rings. The van der Waals surface area contributed by atoms with E-state index >= 15 is 0 Å². The van der Waals surface area contributed by atoms with E-state index in [0.29, 0.717) is 18.0 Å². The van der Waals surface area contributed by atoms with Crippen molar-refractivity contribution in [3.63, 3.8) is 0 Å². The van der Waals surface area contributed by atoms with Crippen LogP contribution in [0.3, 0.4) is 0 Å². The van der Waals surface area contributed by atoms with E-state index in [-0.39, 0.29) is 30.1 Å². The highest BCUT2D eigenvalue weighted by Crippen LogP contribution is 2.23. The molecule has 4 rings (SSSR count). The molecule has 138 valence electrons. The van der Waals surface area contributed by atoms with E-state index in [0.717, 1.165) is 10.6 Å². The van der Waals surface area contributed by atoms with Gasteiger partial charge in [0.2, 0.25) is 5.91 Å². The number of carbonyl (C=O) groups excluding carboxylic acids is 2. The first kappa shape index (κ1) is 17.3. The van der Waals surface area contributed by atoms with Crippen LogP contribution in [0.5, 0.6) is 0 Å². The van der Waals surface area contributed by atoms with E-state index in [1.165, 1.54) is 11.3 Å². The second-order valence-corrected chi connectivity index (χ2v) is 7.33. The predicted molar refractivity (Wildman–Crippen MR) is 97.8 cm³/mol. The molecule has 1 aliphatic rings. The lowest BCUT2D eigenvalue weighted by atomic mass is 10.2. The van der Waals surface area contributed by atoms with Crippen LogP contribution in [0.4, 0.5) is 0 Å². The zero-order chi connectivity index (χ0) is 18.8. The number of aromatic nitrogens is 5. The van der Waals surface area contributed by atoms with Gasteiger partial charge in [0.05, 0.1) is 25.2 Å². The molecule has 0 radical (unpaired) electrons. The molecular weight excluding hydrogens is 366 g/mol. The SMILES string of the molecule is CN1CC(n2cc(C(=O)NCc3nnc(-c4ccccc4)s3)nn2)CC1=O. The highest BCUT2D eigenvalue weighted by atomic mass is 32.1. The molecule has 1 aromatic carbocycles. The fourth-order valence-corrected chi connectivity index (χ4v) is 3.63. The van der Waals surface area contributed by atoms with Crippen LogP contribution in [0.15, 0.2) is 36.5 Å². The minimum Gasteiger partial charge on any atom is -0.344 e. The van der Waals surface area contributed by atoms with E-state index in [2.05, 4.69) is 25.8 Å². The lowest BCUT2D eigenvalue weighted by Crippen LogP contribution is -2.23. The van der Waals surface area contributed by atoms with Gasteiger partial charge in [-0.05, 0) is 0 Å². The van der Waals surface area contributed by atoms with Crippen LogP contribution in [0.2, 0.25) is 0 Å². The monoisotopic (exact) mass is 383 g/mol. The molecule has 3 heterocycles. The van der Waals surface area contributed by atoms with Gasteiger partial charge in [0.1, 0.15) is 10.0 Å². The Hall–Kier alpha value is -3.14. The fraction of sp³-hybridized carbons (Fsp3) is 0.294. The van der Waals surface area contributed by atoms with E-state index in [1.807, 2.05) is 30.3 Å². The number of rotatable bonds is 5. The number of carbonyl (C=O) groups is 2. The topological polar surface area (TPSA) is 106 Å². The summed E-state index contributed by atoms with van der Waals surface area (Å²) in [5, 5.41) is 20.5. The van der Waals surface area contributed by atoms with Crippen molar-refractivity contribution in [1.82, 2.24) is 35.4 Å². The van der Waals surface area contributed by atoms with E-state index in [9.17, 15) is 9.59 Å². The third kappa shape index (κ3) is 3.70. The Balaban J connectivity index is 1.36. The third-order valence-corrected chi connectivity index (χ3v) is 5.30. The van der Waals surface area contributed by atoms with Crippen molar-refractivity contribution in [2.75, 3.05) is 13.6 Å². The average Bonchev–Trinajstić information content (AvgIpc) is 3.41. The van der Waals surface area contributed by atoms with Gasteiger partial charge in [0.15, 0.2) is 5.69 Å². The maximum absolute atomic E-state index is 12.3. The fourth-order valence-electron chi connectivity index (χ4n) is 2.85. The molecule has 1 aliphatic heterocycles. The van der Waals surface area contributed by atoms with Crippen LogP contribution < -0.4 is 5.32 Å². The summed E-state index contributed by atoms with van der Waals surface area (Å²) >= 11 is 1.43. The zero-order valence-corrected chi connectivity index (χ0v) is 15.4. The van der Waals surface area contributed by atoms with Crippen LogP contribution in [0.25, 0.3) is 10.6 Å². The summed E-state index contributed by atoms with van der Waals surface area (Å²) in [6.07, 6.45) is 1.94. The Bertz CT molecular complexity index is 969. The molecule has 27 heavy (non-hydrogen) atoms. The van der Waals surface area contributed by atoms with Gasteiger partial charge >= 0.3 is 0 Å². The van der Waals surface area contributed by atoms with Gasteiger partial charge in [-0.25, -0.2) is 4.68 Å². The Morgan fingerprint density at radius 1 is 1.26 bits per heavy atom. The van der Waals surface area contributed by atoms with Crippen molar-refractivity contribution >= 4 is 23.2 Å². The summed E-state index contributed by atoms with van der Waals surface area (Å²) in [4.78, 5) is 25.6. The van der Waals surface area contributed by atoms with Crippen molar-refractivity contribution in [2.24, 2.45) is 0 Å². The van der Waals surface area contributed by atoms with E-state index in [1.54, 1.807) is 22.8 Å². The molecule has 3 aromatic rings. The van der Waals surface area contributed by atoms with E-state index in [4.69, 9.17) is 0 Å². The molecule has 0 spiro atoms. The Labute approximate surface area is 159 Å². The number of likely N-dealkylation sites (N-methyl/N-ethyl adjacent to an activating group) is 1. The van der Waals surface area contributed by atoms with Crippen LogP contribution >= 0.6 is 11.3 Å². The number of nitrogens with one attached hydrogen (secondary N) is 1. The Morgan fingerprint density at radius 2 is 2.07 bits per heavy atom. The van der Waals surface area contributed by atoms with Gasteiger partial charge in [-0.2, -0.15) is 0 Å². The quantitative estimate of drug-likeness (QED) is 0.708. The van der Waals surface area contributed by atoms with Gasteiger partial charge in [0.25, 0.3) is 5.91 Å². The first-order valence-electron chi connectivity index (χ1n) is 8.42. The lowest BCUT2D eigenvalue weighted by molar-refractivity contribution is -0.126. The predicted octanol–water partition coefficient (Wildman–Crippen LogP) is 1.13. The second-order valence-electron chi connectivity index (χ2n) is 6.27. The molecular formula is C17H17N7O2S. The molecule has 1 N–H and O–H groups in total. The van der Waals surface area contributed by atoms with Crippen LogP contribution in [0, 0.1) is 0 Å². The van der Waals surface area contributed by atoms with Crippen molar-refractivity contribution < 1.29 is 9.59 Å². The molecule has 0 bridgehead atoms. The van der Waals surface area contributed by atoms with Gasteiger partial charge in [-0.1, -0.05) is 46.9 Å². The highest BCUT2D eigenvalue weighted by molar-refractivity contribution is 7.14. The van der Waals surface area contributed by atoms with Crippen molar-refractivity contribution in [2.45, 2.75) is 19.0 Å². The molecule has 10 heteroatoms. The summed E-state index contributed by atoms with van der Waals surface area (Å²) in [6, 6.07) is 9.67. The Morgan fingerprint density at radius 3 is 2.81 bits per heavy atom. The zero-order valence-electron chi connectivity index (χ0n) is 14.6. The average molecular weight is 383 g/mol. The summed E-state index contributed by atoms with van der Waals surface area (Å²) in [6.45, 7) is 0.831. The summed E-state index contributed by atoms with van der Waals surface area (Å²) < 4.78 is 1.58. The third-order valence-electron chi connectivity index (χ3n) is 4.33. The normalized spacial score (nSPS) is 16.7. The molecule has 0 aliphatic carbocycles. The number of hydrogen-bond donors (Lipinski definition) is 1. The number of nitrogens with zero attached hydrogens (tertiary/aromatic N) is 6. The first-order valence-corrected chi connectivity index (χ1v) is 9.23. The smallest absolute Gasteiger partial charge is 0.273 e. The highest BCUT2D eigenvalue weighted by Gasteiger charge is 2.29. The maximum Gasteiger partial charge on any atom is 0.273 e. The largest absolute Gasteiger partial charge is 0.344 e. The molecule has 1 saturated heterocycles. The number of amides is 2. The summed E-state index contributed by atoms with van der Waals surface area (Å²) in [5.41, 5.74) is 1.20. The van der Waals surface area contributed by atoms with Gasteiger partial charge in [-0.15, -0.1) is 15.3 Å². The Kier molecular flexibility index (Phi) is 4.63. The van der Waals surface area contributed by atoms with Crippen LogP contribution in [-0.4, -0.2) is 55.5 Å². The number of benzene rings is 1. The molecule has 9 nitrogen and oxygen atoms in total. The molecule has 2 amide bonds. The first-order chi connectivity index (χ1) is 13.1. The van der Waals surface area contributed by atoms with Crippen LogP contribution in [0.1, 0.15) is 28.0 Å². The summed E-state index contributed by atoms with van der Waals surface area (Å²) in [7, 11) is 1.75. The molecule has 2 aromatic heterocycles. The van der Waals surface area contributed by atoms with Gasteiger partial charge < -0.3 is 10.2 Å². The van der Waals surface area contributed by atoms with Gasteiger partial charge in [-0.3, -0.25) is 9.59 Å². The van der Waals surface area contributed by atoms with Crippen molar-refractivity contribution in [1.29, 1.82) is 0 Å². The van der Waals surface area contributed by atoms with E-state index < -0.39 is 0 Å². The minimum absolute atomic E-state index is 0.0620. The summed E-state index contributed by atoms with van der Waals surface area (Å²) in [5.74, 6) is -0.276. The molecule has 0 saturated carbocycles. The number of hydrogen-bond acceptors (Lipinski definition) is 7. The van der Waals surface area contributed by atoms with Crippen LogP contribution in [-0.2, 0) is 11.3 Å². The van der Waals surface area contributed by atoms with Crippen molar-refractivity contribution in [3.05, 3.63) is 47.2 Å². The maximum atomic E-state index is 12.3. The molecule has 1 unspecified atom stereocenters. The van der Waals surface area contributed by atoms with Gasteiger partial charge in [0, 0.05) is 19.2 Å². The van der Waals surface area contributed by atoms with Crippen molar-refractivity contribution in [3.8, 4) is 10.6 Å². The minimum atomic E-state index is -0.338. The number of likely N-dealkylation sites (tertiary alicyclic amines) is 1.